The summed E-state index contributed by atoms with van der Waals surface area (Å²) in [7, 11) is 0. The summed E-state index contributed by atoms with van der Waals surface area (Å²) >= 11 is 5.64. The van der Waals surface area contributed by atoms with E-state index in [1.165, 1.54) is 0 Å². The molecule has 0 aliphatic rings. The fourth-order valence-corrected chi connectivity index (χ4v) is 1.26. The highest BCUT2D eigenvalue weighted by molar-refractivity contribution is 6.29. The number of carbonyl (C=O) groups is 1. The summed E-state index contributed by atoms with van der Waals surface area (Å²) in [4.78, 5) is 15.2. The second-order valence-corrected chi connectivity index (χ2v) is 4.12. The number of aromatic nitrogens is 1. The van der Waals surface area contributed by atoms with Gasteiger partial charge in [-0.05, 0) is 25.0 Å². The van der Waals surface area contributed by atoms with Gasteiger partial charge in [0.2, 0.25) is 0 Å². The lowest BCUT2D eigenvalue weighted by Crippen LogP contribution is -2.36. The number of hydrogen-bond donors (Lipinski definition) is 3. The lowest BCUT2D eigenvalue weighted by Gasteiger charge is -2.08. The lowest BCUT2D eigenvalue weighted by molar-refractivity contribution is 0.183. The van der Waals surface area contributed by atoms with Crippen molar-refractivity contribution < 1.29 is 9.90 Å². The molecule has 2 amide bonds. The van der Waals surface area contributed by atoms with Crippen molar-refractivity contribution >= 4 is 17.6 Å². The minimum atomic E-state index is -0.407. The lowest BCUT2D eigenvalue weighted by atomic mass is 10.3. The van der Waals surface area contributed by atoms with E-state index in [1.807, 2.05) is 0 Å². The zero-order valence-corrected chi connectivity index (χ0v) is 10.4. The van der Waals surface area contributed by atoms with Crippen LogP contribution in [0.3, 0.4) is 0 Å². The van der Waals surface area contributed by atoms with Crippen molar-refractivity contribution in [3.63, 3.8) is 0 Å². The smallest absolute Gasteiger partial charge is 0.315 e. The molecule has 17 heavy (non-hydrogen) atoms. The number of carbonyl (C=O) groups excluding carboxylic acids is 1. The van der Waals surface area contributed by atoms with Gasteiger partial charge in [0, 0.05) is 19.3 Å². The van der Waals surface area contributed by atoms with Gasteiger partial charge < -0.3 is 15.7 Å². The summed E-state index contributed by atoms with van der Waals surface area (Å²) < 4.78 is 0. The third-order valence-electron chi connectivity index (χ3n) is 2.09. The average molecular weight is 258 g/mol. The first-order chi connectivity index (χ1) is 8.08. The molecule has 0 spiro atoms. The Morgan fingerprint density at radius 3 is 2.88 bits per heavy atom. The van der Waals surface area contributed by atoms with Gasteiger partial charge in [-0.15, -0.1) is 0 Å². The van der Waals surface area contributed by atoms with Gasteiger partial charge in [-0.2, -0.15) is 0 Å². The monoisotopic (exact) mass is 257 g/mol. The molecule has 0 aliphatic heterocycles. The van der Waals surface area contributed by atoms with E-state index in [0.29, 0.717) is 24.7 Å². The molecule has 1 heterocycles. The zero-order chi connectivity index (χ0) is 12.7. The number of rotatable bonds is 5. The molecule has 1 unspecified atom stereocenters. The minimum absolute atomic E-state index is 0.263. The van der Waals surface area contributed by atoms with Crippen molar-refractivity contribution in [1.29, 1.82) is 0 Å². The maximum Gasteiger partial charge on any atom is 0.315 e. The molecule has 0 bridgehead atoms. The molecule has 6 heteroatoms. The molecule has 3 N–H and O–H groups in total. The molecule has 0 radical (unpaired) electrons. The molecule has 0 aliphatic carbocycles. The van der Waals surface area contributed by atoms with Crippen LogP contribution in [0.1, 0.15) is 18.9 Å². The van der Waals surface area contributed by atoms with Crippen molar-refractivity contribution in [2.75, 3.05) is 6.54 Å². The van der Waals surface area contributed by atoms with Gasteiger partial charge in [-0.3, -0.25) is 0 Å². The van der Waals surface area contributed by atoms with E-state index in [-0.39, 0.29) is 6.03 Å². The van der Waals surface area contributed by atoms with Crippen molar-refractivity contribution in [3.8, 4) is 0 Å². The Morgan fingerprint density at radius 2 is 2.29 bits per heavy atom. The Bertz CT molecular complexity index is 354. The maximum atomic E-state index is 11.3. The number of nitrogens with zero attached hydrogens (tertiary/aromatic N) is 1. The first kappa shape index (κ1) is 13.7. The summed E-state index contributed by atoms with van der Waals surface area (Å²) in [6, 6.07) is 3.20. The zero-order valence-electron chi connectivity index (χ0n) is 9.61. The number of hydrogen-bond acceptors (Lipinski definition) is 3. The summed E-state index contributed by atoms with van der Waals surface area (Å²) in [5, 5.41) is 14.7. The van der Waals surface area contributed by atoms with Crippen LogP contribution in [0.4, 0.5) is 4.79 Å². The molecule has 1 aromatic heterocycles. The van der Waals surface area contributed by atoms with E-state index in [1.54, 1.807) is 25.3 Å². The second kappa shape index (κ2) is 7.09. The topological polar surface area (TPSA) is 74.2 Å². The van der Waals surface area contributed by atoms with Crippen LogP contribution < -0.4 is 10.6 Å². The van der Waals surface area contributed by atoms with Crippen LogP contribution in [-0.2, 0) is 6.54 Å². The average Bonchev–Trinajstić information content (AvgIpc) is 2.28. The van der Waals surface area contributed by atoms with Gasteiger partial charge in [0.05, 0.1) is 6.10 Å². The van der Waals surface area contributed by atoms with Crippen LogP contribution in [0.5, 0.6) is 0 Å². The summed E-state index contributed by atoms with van der Waals surface area (Å²) in [6.07, 6.45) is 1.74. The number of nitrogens with one attached hydrogen (secondary N) is 2. The first-order valence-corrected chi connectivity index (χ1v) is 5.76. The summed E-state index contributed by atoms with van der Waals surface area (Å²) in [5.41, 5.74) is 0.875. The van der Waals surface area contributed by atoms with Gasteiger partial charge in [-0.25, -0.2) is 9.78 Å². The number of aliphatic hydroxyl groups is 1. The Labute approximate surface area is 105 Å². The van der Waals surface area contributed by atoms with Crippen LogP contribution in [0.25, 0.3) is 0 Å². The molecular formula is C11H16ClN3O2. The minimum Gasteiger partial charge on any atom is -0.393 e. The summed E-state index contributed by atoms with van der Waals surface area (Å²) in [5.74, 6) is 0. The van der Waals surface area contributed by atoms with Gasteiger partial charge in [0.15, 0.2) is 0 Å². The number of amides is 2. The fraction of sp³-hybridized carbons (Fsp3) is 0.455. The summed E-state index contributed by atoms with van der Waals surface area (Å²) in [6.45, 7) is 2.52. The fourth-order valence-electron chi connectivity index (χ4n) is 1.15. The molecule has 1 atom stereocenters. The van der Waals surface area contributed by atoms with E-state index in [4.69, 9.17) is 16.7 Å². The third-order valence-corrected chi connectivity index (χ3v) is 2.31. The highest BCUT2D eigenvalue weighted by Crippen LogP contribution is 2.04. The maximum absolute atomic E-state index is 11.3. The predicted molar refractivity (Wildman–Crippen MR) is 65.8 cm³/mol. The molecule has 94 valence electrons. The number of urea groups is 1. The molecule has 0 saturated heterocycles. The van der Waals surface area contributed by atoms with Gasteiger partial charge in [0.25, 0.3) is 0 Å². The Balaban J connectivity index is 2.21. The molecule has 1 rings (SSSR count). The highest BCUT2D eigenvalue weighted by Gasteiger charge is 2.01. The van der Waals surface area contributed by atoms with E-state index < -0.39 is 6.10 Å². The number of halogens is 1. The van der Waals surface area contributed by atoms with E-state index >= 15 is 0 Å². The van der Waals surface area contributed by atoms with Crippen LogP contribution in [0.2, 0.25) is 5.15 Å². The van der Waals surface area contributed by atoms with Crippen LogP contribution in [-0.4, -0.2) is 28.8 Å². The van der Waals surface area contributed by atoms with Crippen molar-refractivity contribution in [2.24, 2.45) is 0 Å². The van der Waals surface area contributed by atoms with E-state index in [2.05, 4.69) is 15.6 Å². The Morgan fingerprint density at radius 1 is 1.53 bits per heavy atom. The largest absolute Gasteiger partial charge is 0.393 e. The predicted octanol–water partition coefficient (Wildman–Crippen LogP) is 1.31. The van der Waals surface area contributed by atoms with E-state index in [0.717, 1.165) is 5.56 Å². The van der Waals surface area contributed by atoms with E-state index in [9.17, 15) is 4.79 Å². The standard InChI is InChI=1S/C11H16ClN3O2/c1-8(16)4-5-13-11(17)15-7-9-2-3-10(12)14-6-9/h2-3,6,8,16H,4-5,7H2,1H3,(H2,13,15,17). The number of aliphatic hydroxyl groups excluding tert-OH is 1. The molecular weight excluding hydrogens is 242 g/mol. The van der Waals surface area contributed by atoms with Gasteiger partial charge in [-0.1, -0.05) is 17.7 Å². The normalized spacial score (nSPS) is 11.9. The molecule has 5 nitrogen and oxygen atoms in total. The van der Waals surface area contributed by atoms with Crippen molar-refractivity contribution in [3.05, 3.63) is 29.0 Å². The molecule has 0 saturated carbocycles. The quantitative estimate of drug-likeness (QED) is 0.696. The number of pyridine rings is 1. The third kappa shape index (κ3) is 6.09. The highest BCUT2D eigenvalue weighted by atomic mass is 35.5. The van der Waals surface area contributed by atoms with Crippen LogP contribution >= 0.6 is 11.6 Å². The Kier molecular flexibility index (Phi) is 5.72. The van der Waals surface area contributed by atoms with Gasteiger partial charge in [0.1, 0.15) is 5.15 Å². The molecule has 1 aromatic rings. The van der Waals surface area contributed by atoms with Crippen molar-refractivity contribution in [2.45, 2.75) is 26.0 Å². The molecule has 0 aromatic carbocycles. The second-order valence-electron chi connectivity index (χ2n) is 3.74. The van der Waals surface area contributed by atoms with Crippen LogP contribution in [0, 0.1) is 0 Å². The SMILES string of the molecule is CC(O)CCNC(=O)NCc1ccc(Cl)nc1. The van der Waals surface area contributed by atoms with Crippen LogP contribution in [0.15, 0.2) is 18.3 Å². The molecule has 0 fully saturated rings. The van der Waals surface area contributed by atoms with Gasteiger partial charge >= 0.3 is 6.03 Å². The first-order valence-electron chi connectivity index (χ1n) is 5.38. The Hall–Kier alpha value is -1.33. The van der Waals surface area contributed by atoms with Crippen molar-refractivity contribution in [1.82, 2.24) is 15.6 Å².